The second-order valence-corrected chi connectivity index (χ2v) is 22.0. The molecule has 1 atom stereocenters. The van der Waals surface area contributed by atoms with Gasteiger partial charge in [0, 0.05) is 19.3 Å². The summed E-state index contributed by atoms with van der Waals surface area (Å²) >= 11 is 0. The molecule has 0 saturated carbocycles. The fourth-order valence-corrected chi connectivity index (χ4v) is 9.24. The molecule has 1 unspecified atom stereocenters. The summed E-state index contributed by atoms with van der Waals surface area (Å²) in [7, 11) is 0. The summed E-state index contributed by atoms with van der Waals surface area (Å²) in [5, 5.41) is 0. The fourth-order valence-electron chi connectivity index (χ4n) is 9.24. The molecule has 80 heavy (non-hydrogen) atoms. The lowest BCUT2D eigenvalue weighted by Gasteiger charge is -2.18. The molecule has 0 aromatic rings. The second kappa shape index (κ2) is 67.3. The van der Waals surface area contributed by atoms with Crippen LogP contribution < -0.4 is 0 Å². The van der Waals surface area contributed by atoms with Crippen molar-refractivity contribution in [1.82, 2.24) is 0 Å². The average molecular weight is 1110 g/mol. The topological polar surface area (TPSA) is 78.9 Å². The maximum atomic E-state index is 12.9. The first-order valence-corrected chi connectivity index (χ1v) is 33.5. The van der Waals surface area contributed by atoms with Crippen LogP contribution in [-0.2, 0) is 28.6 Å². The first kappa shape index (κ1) is 75.8. The van der Waals surface area contributed by atoms with Crippen molar-refractivity contribution in [1.29, 1.82) is 0 Å². The van der Waals surface area contributed by atoms with Gasteiger partial charge in [0.2, 0.25) is 0 Å². The lowest BCUT2D eigenvalue weighted by molar-refractivity contribution is -0.167. The fraction of sp³-hybridized carbons (Fsp3) is 0.689. The van der Waals surface area contributed by atoms with E-state index in [4.69, 9.17) is 14.2 Å². The summed E-state index contributed by atoms with van der Waals surface area (Å²) in [5.41, 5.74) is 0. The third kappa shape index (κ3) is 64.6. The Morgan fingerprint density at radius 2 is 0.487 bits per heavy atom. The molecule has 0 bridgehead atoms. The highest BCUT2D eigenvalue weighted by Gasteiger charge is 2.19. The predicted molar refractivity (Wildman–Crippen MR) is 348 cm³/mol. The summed E-state index contributed by atoms with van der Waals surface area (Å²) in [6.45, 7) is 6.45. The van der Waals surface area contributed by atoms with E-state index >= 15 is 0 Å². The number of allylic oxidation sites excluding steroid dienone is 20. The van der Waals surface area contributed by atoms with Crippen molar-refractivity contribution in [2.75, 3.05) is 13.2 Å². The van der Waals surface area contributed by atoms with E-state index in [1.54, 1.807) is 0 Å². The number of rotatable bonds is 60. The van der Waals surface area contributed by atoms with Gasteiger partial charge in [0.25, 0.3) is 0 Å². The van der Waals surface area contributed by atoms with Crippen LogP contribution in [0.15, 0.2) is 122 Å². The highest BCUT2D eigenvalue weighted by atomic mass is 16.6. The normalized spacial score (nSPS) is 12.9. The molecule has 0 aliphatic heterocycles. The molecule has 0 spiro atoms. The van der Waals surface area contributed by atoms with Crippen molar-refractivity contribution < 1.29 is 28.6 Å². The van der Waals surface area contributed by atoms with Gasteiger partial charge < -0.3 is 14.2 Å². The van der Waals surface area contributed by atoms with Crippen molar-refractivity contribution in [3.63, 3.8) is 0 Å². The molecule has 0 saturated heterocycles. The minimum Gasteiger partial charge on any atom is -0.462 e. The minimum absolute atomic E-state index is 0.0910. The maximum absolute atomic E-state index is 12.9. The maximum Gasteiger partial charge on any atom is 0.306 e. The smallest absolute Gasteiger partial charge is 0.306 e. The molecule has 6 heteroatoms. The second-order valence-electron chi connectivity index (χ2n) is 22.0. The van der Waals surface area contributed by atoms with Crippen molar-refractivity contribution in [3.05, 3.63) is 122 Å². The number of esters is 3. The van der Waals surface area contributed by atoms with Crippen molar-refractivity contribution >= 4 is 17.9 Å². The van der Waals surface area contributed by atoms with Crippen LogP contribution in [0.2, 0.25) is 0 Å². The molecule has 456 valence electrons. The van der Waals surface area contributed by atoms with Crippen LogP contribution in [0.25, 0.3) is 0 Å². The van der Waals surface area contributed by atoms with Crippen LogP contribution in [0.5, 0.6) is 0 Å². The van der Waals surface area contributed by atoms with E-state index in [1.165, 1.54) is 148 Å². The molecule has 0 radical (unpaired) electrons. The largest absolute Gasteiger partial charge is 0.462 e. The monoisotopic (exact) mass is 1110 g/mol. The molecule has 0 aromatic heterocycles. The summed E-state index contributed by atoms with van der Waals surface area (Å²) in [6, 6.07) is 0. The van der Waals surface area contributed by atoms with Gasteiger partial charge in [-0.3, -0.25) is 14.4 Å². The minimum atomic E-state index is -0.794. The standard InChI is InChI=1S/C74H124O6/c1-4-7-10-13-16-18-20-22-24-26-28-30-32-33-34-35-36-37-38-39-40-41-43-44-46-48-50-52-54-56-58-61-64-67-73(76)79-70-71(69-78-72(75)66-63-60-15-12-9-6-3)80-74(77)68-65-62-59-57-55-53-51-49-47-45-42-31-29-27-25-23-21-19-17-14-11-8-5-2/h7,10,16,18,22,24,28,30,33-34,36-37,39-40,43-44,48,50,54,56,71H,4-6,8-9,11-15,17,19-21,23,25-27,29,31-32,35,38,41-42,45-47,49,51-53,55,57-70H2,1-3H3/b10-7-,18-16-,24-22-,30-28-,34-33-,37-36-,40-39-,44-43-,50-48-,56-54-. The Morgan fingerprint density at radius 1 is 0.263 bits per heavy atom. The van der Waals surface area contributed by atoms with Gasteiger partial charge in [-0.15, -0.1) is 0 Å². The van der Waals surface area contributed by atoms with Gasteiger partial charge in [0.05, 0.1) is 0 Å². The van der Waals surface area contributed by atoms with Crippen molar-refractivity contribution in [2.45, 2.75) is 316 Å². The van der Waals surface area contributed by atoms with E-state index in [-0.39, 0.29) is 31.1 Å². The molecular formula is C74H124O6. The van der Waals surface area contributed by atoms with Gasteiger partial charge in [0.1, 0.15) is 13.2 Å². The molecule has 0 fully saturated rings. The van der Waals surface area contributed by atoms with Crippen LogP contribution >= 0.6 is 0 Å². The van der Waals surface area contributed by atoms with Crippen LogP contribution in [0, 0.1) is 0 Å². The zero-order valence-corrected chi connectivity index (χ0v) is 52.3. The van der Waals surface area contributed by atoms with Crippen LogP contribution in [0.1, 0.15) is 310 Å². The van der Waals surface area contributed by atoms with Crippen molar-refractivity contribution in [3.8, 4) is 0 Å². The number of carbonyl (C=O) groups is 3. The van der Waals surface area contributed by atoms with Gasteiger partial charge in [-0.1, -0.05) is 316 Å². The lowest BCUT2D eigenvalue weighted by Crippen LogP contribution is -2.30. The van der Waals surface area contributed by atoms with E-state index in [9.17, 15) is 14.4 Å². The van der Waals surface area contributed by atoms with E-state index < -0.39 is 6.10 Å². The zero-order chi connectivity index (χ0) is 57.8. The third-order valence-corrected chi connectivity index (χ3v) is 14.2. The molecule has 0 N–H and O–H groups in total. The van der Waals surface area contributed by atoms with Crippen molar-refractivity contribution in [2.24, 2.45) is 0 Å². The van der Waals surface area contributed by atoms with Gasteiger partial charge in [-0.05, 0) is 96.3 Å². The van der Waals surface area contributed by atoms with E-state index in [2.05, 4.69) is 142 Å². The average Bonchev–Trinajstić information content (AvgIpc) is 3.46. The first-order chi connectivity index (χ1) is 39.5. The summed E-state index contributed by atoms with van der Waals surface area (Å²) in [4.78, 5) is 38.0. The molecule has 0 heterocycles. The molecule has 6 nitrogen and oxygen atoms in total. The Morgan fingerprint density at radius 3 is 0.762 bits per heavy atom. The van der Waals surface area contributed by atoms with Gasteiger partial charge in [-0.2, -0.15) is 0 Å². The first-order valence-electron chi connectivity index (χ1n) is 33.5. The van der Waals surface area contributed by atoms with Gasteiger partial charge in [-0.25, -0.2) is 0 Å². The molecule has 0 aromatic carbocycles. The van der Waals surface area contributed by atoms with Gasteiger partial charge >= 0.3 is 17.9 Å². The molecule has 0 aliphatic carbocycles. The summed E-state index contributed by atoms with van der Waals surface area (Å²) in [5.74, 6) is -0.939. The quantitative estimate of drug-likeness (QED) is 0.0261. The van der Waals surface area contributed by atoms with E-state index in [1.807, 2.05) is 0 Å². The van der Waals surface area contributed by atoms with E-state index in [0.29, 0.717) is 19.3 Å². The Hall–Kier alpha value is -4.19. The summed E-state index contributed by atoms with van der Waals surface area (Å²) in [6.07, 6.45) is 94.0. The molecular weight excluding hydrogens is 985 g/mol. The third-order valence-electron chi connectivity index (χ3n) is 14.2. The number of ether oxygens (including phenoxy) is 3. The Kier molecular flexibility index (Phi) is 63.8. The van der Waals surface area contributed by atoms with E-state index in [0.717, 1.165) is 122 Å². The number of unbranched alkanes of at least 4 members (excludes halogenated alkanes) is 29. The van der Waals surface area contributed by atoms with Crippen LogP contribution in [-0.4, -0.2) is 37.2 Å². The number of hydrogen-bond donors (Lipinski definition) is 0. The number of hydrogen-bond acceptors (Lipinski definition) is 6. The van der Waals surface area contributed by atoms with Crippen LogP contribution in [0.4, 0.5) is 0 Å². The van der Waals surface area contributed by atoms with Gasteiger partial charge in [0.15, 0.2) is 6.10 Å². The zero-order valence-electron chi connectivity index (χ0n) is 52.3. The predicted octanol–water partition coefficient (Wildman–Crippen LogP) is 23.2. The number of carbonyl (C=O) groups excluding carboxylic acids is 3. The molecule has 0 amide bonds. The van der Waals surface area contributed by atoms with Crippen LogP contribution in [0.3, 0.4) is 0 Å². The highest BCUT2D eigenvalue weighted by Crippen LogP contribution is 2.17. The SMILES string of the molecule is CC/C=C\C/C=C\C/C=C\C/C=C\C/C=C\C/C=C\C/C=C\C/C=C\C/C=C\C/C=C\CCCCC(=O)OCC(COC(=O)CCCCCCCC)OC(=O)CCCCCCCCCCCCCCCCCCCCCCCCC. The Balaban J connectivity index is 4.17. The Labute approximate surface area is 494 Å². The Bertz CT molecular complexity index is 1650. The molecule has 0 aliphatic rings. The molecule has 0 rings (SSSR count). The highest BCUT2D eigenvalue weighted by molar-refractivity contribution is 5.71. The summed E-state index contributed by atoms with van der Waals surface area (Å²) < 4.78 is 16.8. The lowest BCUT2D eigenvalue weighted by atomic mass is 10.0.